The Hall–Kier alpha value is 0.307. The summed E-state index contributed by atoms with van der Waals surface area (Å²) < 4.78 is 0. The largest absolute Gasteiger partial charge is 0.372 e. The van der Waals surface area contributed by atoms with Crippen molar-refractivity contribution in [2.75, 3.05) is 0 Å². The van der Waals surface area contributed by atoms with Crippen molar-refractivity contribution in [3.05, 3.63) is 29.8 Å². The summed E-state index contributed by atoms with van der Waals surface area (Å²) in [5.74, 6) is 0.520. The van der Waals surface area contributed by atoms with Crippen LogP contribution in [-0.2, 0) is 0 Å². The van der Waals surface area contributed by atoms with E-state index < -0.39 is 6.00 Å². The summed E-state index contributed by atoms with van der Waals surface area (Å²) in [4.78, 5) is 0. The summed E-state index contributed by atoms with van der Waals surface area (Å²) in [7, 11) is 0. The molecule has 0 spiro atoms. The molecule has 1 aromatic carbocycles. The second-order valence-corrected chi connectivity index (χ2v) is 11.7. The van der Waals surface area contributed by atoms with Crippen LogP contribution in [0.15, 0.2) is 24.3 Å². The molecule has 0 unspecified atom stereocenters. The highest BCUT2D eigenvalue weighted by Gasteiger charge is 2.27. The molecule has 0 aromatic heterocycles. The van der Waals surface area contributed by atoms with Gasteiger partial charge in [0.2, 0.25) is 0 Å². The van der Waals surface area contributed by atoms with Gasteiger partial charge in [0.25, 0.3) is 0 Å². The van der Waals surface area contributed by atoms with Crippen molar-refractivity contribution < 1.29 is 0 Å². The molecular weight excluding hydrogens is 243 g/mol. The van der Waals surface area contributed by atoms with Crippen molar-refractivity contribution in [3.63, 3.8) is 0 Å². The van der Waals surface area contributed by atoms with E-state index in [1.54, 1.807) is 0 Å². The fraction of sp³-hybridized carbons (Fsp3) is 0.333. The lowest BCUT2D eigenvalue weighted by atomic mass is 10.0. The Labute approximate surface area is 93.9 Å². The number of halogens is 3. The maximum atomic E-state index is 5.86. The predicted octanol–water partition coefficient (Wildman–Crippen LogP) is 3.67. The summed E-state index contributed by atoms with van der Waals surface area (Å²) in [6.07, 6.45) is 0. The Balaban J connectivity index is 2.94. The highest BCUT2D eigenvalue weighted by Crippen LogP contribution is 2.20. The zero-order valence-electron chi connectivity index (χ0n) is 7.52. The SMILES string of the molecule is CC(C)c1ccc([Si](Cl)(Cl)Cl)cc1. The third-order valence-corrected chi connectivity index (χ3v) is 4.86. The molecule has 13 heavy (non-hydrogen) atoms. The first-order valence-corrected chi connectivity index (χ1v) is 9.12. The van der Waals surface area contributed by atoms with E-state index in [1.165, 1.54) is 5.56 Å². The molecular formula is C9H11Cl3Si. The van der Waals surface area contributed by atoms with E-state index in [9.17, 15) is 0 Å². The summed E-state index contributed by atoms with van der Waals surface area (Å²) in [5.41, 5.74) is 1.27. The molecule has 0 saturated carbocycles. The van der Waals surface area contributed by atoms with E-state index >= 15 is 0 Å². The lowest BCUT2D eigenvalue weighted by molar-refractivity contribution is 0.867. The number of benzene rings is 1. The number of rotatable bonds is 2. The first kappa shape index (κ1) is 11.4. The van der Waals surface area contributed by atoms with Crippen molar-refractivity contribution in [2.24, 2.45) is 0 Å². The van der Waals surface area contributed by atoms with Gasteiger partial charge in [0.1, 0.15) is 0 Å². The van der Waals surface area contributed by atoms with Gasteiger partial charge in [0.15, 0.2) is 0 Å². The van der Waals surface area contributed by atoms with Gasteiger partial charge in [-0.05, 0) is 16.7 Å². The monoisotopic (exact) mass is 252 g/mol. The molecule has 0 N–H and O–H groups in total. The number of hydrogen-bond donors (Lipinski definition) is 0. The highest BCUT2D eigenvalue weighted by atomic mass is 35.8. The molecule has 72 valence electrons. The lowest BCUT2D eigenvalue weighted by Gasteiger charge is -2.10. The molecule has 0 atom stereocenters. The van der Waals surface area contributed by atoms with Gasteiger partial charge in [-0.3, -0.25) is 0 Å². The Bertz CT molecular complexity index is 274. The lowest BCUT2D eigenvalue weighted by Crippen LogP contribution is -2.29. The molecule has 4 heteroatoms. The second-order valence-electron chi connectivity index (χ2n) is 3.27. The van der Waals surface area contributed by atoms with Crippen LogP contribution >= 0.6 is 33.2 Å². The fourth-order valence-corrected chi connectivity index (χ4v) is 2.74. The van der Waals surface area contributed by atoms with Crippen molar-refractivity contribution >= 4 is 44.4 Å². The van der Waals surface area contributed by atoms with Gasteiger partial charge in [-0.15, -0.1) is 33.2 Å². The van der Waals surface area contributed by atoms with Crippen molar-refractivity contribution in [3.8, 4) is 0 Å². The van der Waals surface area contributed by atoms with E-state index in [1.807, 2.05) is 24.3 Å². The molecule has 0 aliphatic carbocycles. The van der Waals surface area contributed by atoms with Gasteiger partial charge < -0.3 is 0 Å². The van der Waals surface area contributed by atoms with E-state index in [2.05, 4.69) is 13.8 Å². The predicted molar refractivity (Wildman–Crippen MR) is 63.5 cm³/mol. The second kappa shape index (κ2) is 4.22. The fourth-order valence-electron chi connectivity index (χ4n) is 1.06. The van der Waals surface area contributed by atoms with Gasteiger partial charge in [-0.25, -0.2) is 0 Å². The van der Waals surface area contributed by atoms with Gasteiger partial charge in [0.05, 0.1) is 0 Å². The number of hydrogen-bond acceptors (Lipinski definition) is 0. The quantitative estimate of drug-likeness (QED) is 0.557. The van der Waals surface area contributed by atoms with Crippen LogP contribution in [0.2, 0.25) is 0 Å². The van der Waals surface area contributed by atoms with Gasteiger partial charge in [0, 0.05) is 0 Å². The molecule has 0 nitrogen and oxygen atoms in total. The molecule has 0 amide bonds. The minimum absolute atomic E-state index is 0.520. The smallest absolute Gasteiger partial charge is 0.121 e. The molecule has 0 saturated heterocycles. The Morgan fingerprint density at radius 2 is 1.46 bits per heavy atom. The molecule has 1 rings (SSSR count). The molecule has 0 heterocycles. The van der Waals surface area contributed by atoms with E-state index in [4.69, 9.17) is 33.2 Å². The molecule has 0 bridgehead atoms. The summed E-state index contributed by atoms with van der Waals surface area (Å²) in [5, 5.41) is 0.849. The maximum Gasteiger partial charge on any atom is 0.372 e. The summed E-state index contributed by atoms with van der Waals surface area (Å²) >= 11 is 17.6. The van der Waals surface area contributed by atoms with Gasteiger partial charge in [-0.2, -0.15) is 0 Å². The first-order valence-electron chi connectivity index (χ1n) is 4.08. The molecule has 1 aromatic rings. The Morgan fingerprint density at radius 1 is 1.00 bits per heavy atom. The van der Waals surface area contributed by atoms with Crippen molar-refractivity contribution in [1.82, 2.24) is 0 Å². The van der Waals surface area contributed by atoms with Crippen LogP contribution in [0.4, 0.5) is 0 Å². The molecule has 0 aliphatic rings. The van der Waals surface area contributed by atoms with Crippen molar-refractivity contribution in [2.45, 2.75) is 19.8 Å². The van der Waals surface area contributed by atoms with Crippen molar-refractivity contribution in [1.29, 1.82) is 0 Å². The average Bonchev–Trinajstić information content (AvgIpc) is 2.03. The maximum absolute atomic E-state index is 5.86. The highest BCUT2D eigenvalue weighted by molar-refractivity contribution is 7.69. The molecule has 0 fully saturated rings. The Morgan fingerprint density at radius 3 is 1.77 bits per heavy atom. The topological polar surface area (TPSA) is 0 Å². The van der Waals surface area contributed by atoms with Crippen LogP contribution in [0.25, 0.3) is 0 Å². The molecule has 0 radical (unpaired) electrons. The minimum atomic E-state index is -2.67. The normalized spacial score (nSPS) is 12.2. The van der Waals surface area contributed by atoms with Crippen LogP contribution in [0.3, 0.4) is 0 Å². The zero-order chi connectivity index (χ0) is 10.1. The van der Waals surface area contributed by atoms with Crippen LogP contribution in [0, 0.1) is 0 Å². The van der Waals surface area contributed by atoms with Crippen LogP contribution in [0.1, 0.15) is 25.3 Å². The van der Waals surface area contributed by atoms with E-state index in [0.29, 0.717) is 5.92 Å². The molecule has 0 aliphatic heterocycles. The summed E-state index contributed by atoms with van der Waals surface area (Å²) in [6.45, 7) is 4.28. The van der Waals surface area contributed by atoms with Gasteiger partial charge in [-0.1, -0.05) is 38.1 Å². The first-order chi connectivity index (χ1) is 5.91. The zero-order valence-corrected chi connectivity index (χ0v) is 10.8. The van der Waals surface area contributed by atoms with Gasteiger partial charge >= 0.3 is 6.00 Å². The third kappa shape index (κ3) is 3.17. The third-order valence-electron chi connectivity index (χ3n) is 1.90. The Kier molecular flexibility index (Phi) is 3.70. The standard InChI is InChI=1S/C9H11Cl3Si/c1-7(2)8-3-5-9(6-4-8)13(10,11)12/h3-7H,1-2H3. The average molecular weight is 254 g/mol. The summed E-state index contributed by atoms with van der Waals surface area (Å²) in [6, 6.07) is 5.19. The van der Waals surface area contributed by atoms with E-state index in [-0.39, 0.29) is 0 Å². The van der Waals surface area contributed by atoms with Crippen LogP contribution < -0.4 is 5.19 Å². The van der Waals surface area contributed by atoms with E-state index in [0.717, 1.165) is 5.19 Å². The van der Waals surface area contributed by atoms with Crippen LogP contribution in [-0.4, -0.2) is 6.00 Å². The van der Waals surface area contributed by atoms with Crippen LogP contribution in [0.5, 0.6) is 0 Å². The minimum Gasteiger partial charge on any atom is -0.121 e.